The number of benzene rings is 1. The average Bonchev–Trinajstić information content (AvgIpc) is 2.40. The number of hydrogen-bond acceptors (Lipinski definition) is 3. The fourth-order valence-corrected chi connectivity index (χ4v) is 1.87. The molecule has 94 valence electrons. The van der Waals surface area contributed by atoms with Crippen LogP contribution in [0, 0.1) is 0 Å². The summed E-state index contributed by atoms with van der Waals surface area (Å²) in [6.07, 6.45) is 3.76. The molecule has 2 aromatic rings. The summed E-state index contributed by atoms with van der Waals surface area (Å²) in [4.78, 5) is 13.2. The molecule has 2 rings (SSSR count). The van der Waals surface area contributed by atoms with E-state index in [4.69, 9.17) is 0 Å². The number of rotatable bonds is 5. The van der Waals surface area contributed by atoms with Gasteiger partial charge in [-0.05, 0) is 18.4 Å². The van der Waals surface area contributed by atoms with Crippen LogP contribution < -0.4 is 10.5 Å². The van der Waals surface area contributed by atoms with Gasteiger partial charge in [0.05, 0.1) is 11.9 Å². The molecule has 0 atom stereocenters. The summed E-state index contributed by atoms with van der Waals surface area (Å²) in [5.41, 5.74) is 2.03. The molecule has 0 aliphatic carbocycles. The number of nitrogens with zero attached hydrogens (tertiary/aromatic N) is 2. The van der Waals surface area contributed by atoms with Gasteiger partial charge in [-0.1, -0.05) is 30.3 Å². The average molecular weight is 243 g/mol. The van der Waals surface area contributed by atoms with Gasteiger partial charge in [0.1, 0.15) is 0 Å². The second-order valence-electron chi connectivity index (χ2n) is 4.31. The van der Waals surface area contributed by atoms with E-state index >= 15 is 0 Å². The van der Waals surface area contributed by atoms with Crippen molar-refractivity contribution in [1.82, 2.24) is 10.2 Å². The van der Waals surface area contributed by atoms with Gasteiger partial charge in [-0.3, -0.25) is 4.79 Å². The first-order chi connectivity index (χ1) is 8.75. The van der Waals surface area contributed by atoms with Crippen molar-refractivity contribution < 1.29 is 0 Å². The summed E-state index contributed by atoms with van der Waals surface area (Å²) in [5, 5.41) is 6.17. The minimum atomic E-state index is -0.164. The van der Waals surface area contributed by atoms with E-state index in [1.54, 1.807) is 12.3 Å². The normalized spacial score (nSPS) is 10.3. The van der Waals surface area contributed by atoms with E-state index in [1.165, 1.54) is 5.56 Å². The second-order valence-corrected chi connectivity index (χ2v) is 4.31. The molecule has 1 aromatic heterocycles. The van der Waals surface area contributed by atoms with Crippen LogP contribution in [0.2, 0.25) is 0 Å². The van der Waals surface area contributed by atoms with Gasteiger partial charge in [-0.25, -0.2) is 5.10 Å². The summed E-state index contributed by atoms with van der Waals surface area (Å²) in [5.74, 6) is 0. The Balaban J connectivity index is 1.85. The largest absolute Gasteiger partial charge is 0.373 e. The molecule has 0 unspecified atom stereocenters. The van der Waals surface area contributed by atoms with Crippen molar-refractivity contribution in [2.45, 2.75) is 12.8 Å². The van der Waals surface area contributed by atoms with Crippen molar-refractivity contribution >= 4 is 5.69 Å². The quantitative estimate of drug-likeness (QED) is 0.871. The molecular weight excluding hydrogens is 226 g/mol. The molecule has 18 heavy (non-hydrogen) atoms. The summed E-state index contributed by atoms with van der Waals surface area (Å²) in [7, 11) is 1.97. The first-order valence-electron chi connectivity index (χ1n) is 6.05. The predicted molar refractivity (Wildman–Crippen MR) is 72.9 cm³/mol. The number of aryl methyl sites for hydroxylation is 1. The van der Waals surface area contributed by atoms with Crippen LogP contribution in [0.5, 0.6) is 0 Å². The van der Waals surface area contributed by atoms with Gasteiger partial charge in [-0.2, -0.15) is 5.10 Å². The first-order valence-corrected chi connectivity index (χ1v) is 6.05. The van der Waals surface area contributed by atoms with E-state index in [1.807, 2.05) is 18.0 Å². The molecule has 0 aliphatic heterocycles. The zero-order valence-corrected chi connectivity index (χ0v) is 10.5. The van der Waals surface area contributed by atoms with Gasteiger partial charge in [0.25, 0.3) is 5.56 Å². The molecule has 4 nitrogen and oxygen atoms in total. The number of aromatic nitrogens is 2. The van der Waals surface area contributed by atoms with Gasteiger partial charge < -0.3 is 4.90 Å². The number of anilines is 1. The Morgan fingerprint density at radius 3 is 2.78 bits per heavy atom. The van der Waals surface area contributed by atoms with Crippen molar-refractivity contribution in [1.29, 1.82) is 0 Å². The molecule has 1 N–H and O–H groups in total. The maximum absolute atomic E-state index is 11.1. The van der Waals surface area contributed by atoms with E-state index in [0.29, 0.717) is 0 Å². The van der Waals surface area contributed by atoms with Crippen LogP contribution in [0.3, 0.4) is 0 Å². The highest BCUT2D eigenvalue weighted by molar-refractivity contribution is 5.41. The van der Waals surface area contributed by atoms with Crippen molar-refractivity contribution in [2.75, 3.05) is 18.5 Å². The molecule has 0 aliphatic rings. The number of H-pyrrole nitrogens is 1. The van der Waals surface area contributed by atoms with Crippen molar-refractivity contribution in [3.8, 4) is 0 Å². The Labute approximate surface area is 106 Å². The fourth-order valence-electron chi connectivity index (χ4n) is 1.87. The summed E-state index contributed by atoms with van der Waals surface area (Å²) < 4.78 is 0. The monoisotopic (exact) mass is 243 g/mol. The summed E-state index contributed by atoms with van der Waals surface area (Å²) in [6, 6.07) is 12.0. The number of hydrogen-bond donors (Lipinski definition) is 1. The van der Waals surface area contributed by atoms with E-state index < -0.39 is 0 Å². The Bertz CT molecular complexity index is 536. The first kappa shape index (κ1) is 12.4. The van der Waals surface area contributed by atoms with Crippen LogP contribution in [0.4, 0.5) is 5.69 Å². The van der Waals surface area contributed by atoms with Crippen molar-refractivity contribution in [2.24, 2.45) is 0 Å². The zero-order chi connectivity index (χ0) is 12.8. The van der Waals surface area contributed by atoms with E-state index in [9.17, 15) is 4.79 Å². The standard InChI is InChI=1S/C14H17N3O/c1-17(13-10-14(18)16-15-11-13)9-5-8-12-6-3-2-4-7-12/h2-4,6-7,10-11H,5,8-9H2,1H3,(H,16,18). The molecule has 1 heterocycles. The molecule has 0 amide bonds. The van der Waals surface area contributed by atoms with Crippen LogP contribution in [-0.4, -0.2) is 23.8 Å². The van der Waals surface area contributed by atoms with Gasteiger partial charge in [0.2, 0.25) is 0 Å². The SMILES string of the molecule is CN(CCCc1ccccc1)c1cn[nH]c(=O)c1. The van der Waals surface area contributed by atoms with E-state index in [0.717, 1.165) is 25.1 Å². The topological polar surface area (TPSA) is 49.0 Å². The Morgan fingerprint density at radius 2 is 2.06 bits per heavy atom. The lowest BCUT2D eigenvalue weighted by Crippen LogP contribution is -2.21. The summed E-state index contributed by atoms with van der Waals surface area (Å²) >= 11 is 0. The minimum Gasteiger partial charge on any atom is -0.373 e. The molecule has 1 aromatic carbocycles. The van der Waals surface area contributed by atoms with Gasteiger partial charge in [-0.15, -0.1) is 0 Å². The van der Waals surface area contributed by atoms with E-state index in [-0.39, 0.29) is 5.56 Å². The van der Waals surface area contributed by atoms with Crippen LogP contribution in [0.15, 0.2) is 47.4 Å². The maximum Gasteiger partial charge on any atom is 0.266 e. The molecule has 0 saturated heterocycles. The molecule has 0 saturated carbocycles. The predicted octanol–water partition coefficient (Wildman–Crippen LogP) is 1.84. The molecule has 0 spiro atoms. The zero-order valence-electron chi connectivity index (χ0n) is 10.5. The van der Waals surface area contributed by atoms with Crippen LogP contribution in [-0.2, 0) is 6.42 Å². The third-order valence-electron chi connectivity index (χ3n) is 2.89. The highest BCUT2D eigenvalue weighted by Gasteiger charge is 2.01. The van der Waals surface area contributed by atoms with Gasteiger partial charge >= 0.3 is 0 Å². The highest BCUT2D eigenvalue weighted by atomic mass is 16.1. The minimum absolute atomic E-state index is 0.164. The molecule has 4 heteroatoms. The van der Waals surface area contributed by atoms with Crippen LogP contribution >= 0.6 is 0 Å². The number of nitrogens with one attached hydrogen (secondary N) is 1. The fraction of sp³-hybridized carbons (Fsp3) is 0.286. The third-order valence-corrected chi connectivity index (χ3v) is 2.89. The lowest BCUT2D eigenvalue weighted by atomic mass is 10.1. The number of aromatic amines is 1. The van der Waals surface area contributed by atoms with Gasteiger partial charge in [0.15, 0.2) is 0 Å². The Hall–Kier alpha value is -2.10. The van der Waals surface area contributed by atoms with Crippen molar-refractivity contribution in [3.63, 3.8) is 0 Å². The molecule has 0 radical (unpaired) electrons. The Morgan fingerprint density at radius 1 is 1.28 bits per heavy atom. The molecule has 0 bridgehead atoms. The molecular formula is C14H17N3O. The van der Waals surface area contributed by atoms with Crippen molar-refractivity contribution in [3.05, 3.63) is 58.5 Å². The van der Waals surface area contributed by atoms with Crippen LogP contribution in [0.25, 0.3) is 0 Å². The third kappa shape index (κ3) is 3.45. The Kier molecular flexibility index (Phi) is 4.12. The summed E-state index contributed by atoms with van der Waals surface area (Å²) in [6.45, 7) is 0.903. The highest BCUT2D eigenvalue weighted by Crippen LogP contribution is 2.08. The smallest absolute Gasteiger partial charge is 0.266 e. The lowest BCUT2D eigenvalue weighted by molar-refractivity contribution is 0.781. The second kappa shape index (κ2) is 6.00. The van der Waals surface area contributed by atoms with Crippen LogP contribution in [0.1, 0.15) is 12.0 Å². The van der Waals surface area contributed by atoms with E-state index in [2.05, 4.69) is 34.5 Å². The van der Waals surface area contributed by atoms with Gasteiger partial charge in [0, 0.05) is 19.7 Å². The molecule has 0 fully saturated rings. The maximum atomic E-state index is 11.1. The lowest BCUT2D eigenvalue weighted by Gasteiger charge is -2.18.